The van der Waals surface area contributed by atoms with Crippen LogP contribution < -0.4 is 16.4 Å². The summed E-state index contributed by atoms with van der Waals surface area (Å²) in [6.45, 7) is 0. The number of urea groups is 1. The predicted octanol–water partition coefficient (Wildman–Crippen LogP) is -0.0193. The smallest absolute Gasteiger partial charge is 0.321 e. The van der Waals surface area contributed by atoms with Gasteiger partial charge in [-0.25, -0.2) is 9.48 Å². The number of aromatic nitrogens is 3. The van der Waals surface area contributed by atoms with Crippen molar-refractivity contribution in [2.24, 2.45) is 24.1 Å². The van der Waals surface area contributed by atoms with Gasteiger partial charge in [0.1, 0.15) is 6.33 Å². The molecule has 1 heterocycles. The third-order valence-electron chi connectivity index (χ3n) is 4.39. The number of carbonyl (C=O) groups excluding carboxylic acids is 2. The Hall–Kier alpha value is -2.12. The molecule has 0 aromatic carbocycles. The minimum absolute atomic E-state index is 0.0309. The number of nitrogens with zero attached hydrogens (tertiary/aromatic N) is 3. The van der Waals surface area contributed by atoms with E-state index >= 15 is 0 Å². The van der Waals surface area contributed by atoms with E-state index in [9.17, 15) is 9.59 Å². The molecule has 1 aromatic rings. The zero-order valence-corrected chi connectivity index (χ0v) is 11.3. The number of rotatable bonds is 3. The number of aryl methyl sites for hydroxylation is 1. The Morgan fingerprint density at radius 3 is 2.65 bits per heavy atom. The highest BCUT2D eigenvalue weighted by atomic mass is 16.2. The minimum Gasteiger partial charge on any atom is -0.369 e. The highest BCUT2D eigenvalue weighted by Gasteiger charge is 2.54. The van der Waals surface area contributed by atoms with Gasteiger partial charge in [-0.1, -0.05) is 0 Å². The molecule has 0 radical (unpaired) electrons. The van der Waals surface area contributed by atoms with Gasteiger partial charge in [-0.15, -0.1) is 0 Å². The topological polar surface area (TPSA) is 115 Å². The van der Waals surface area contributed by atoms with Crippen molar-refractivity contribution in [3.05, 3.63) is 6.33 Å². The summed E-state index contributed by atoms with van der Waals surface area (Å²) < 4.78 is 1.49. The van der Waals surface area contributed by atoms with E-state index in [2.05, 4.69) is 20.7 Å². The molecule has 1 aromatic heterocycles. The summed E-state index contributed by atoms with van der Waals surface area (Å²) >= 11 is 0. The van der Waals surface area contributed by atoms with E-state index in [1.54, 1.807) is 7.05 Å². The molecule has 1 spiro atoms. The number of carbonyl (C=O) groups is 2. The highest BCUT2D eigenvalue weighted by Crippen LogP contribution is 2.58. The fourth-order valence-electron chi connectivity index (χ4n) is 3.34. The van der Waals surface area contributed by atoms with E-state index in [0.717, 1.165) is 25.7 Å². The first-order valence-corrected chi connectivity index (χ1v) is 6.68. The van der Waals surface area contributed by atoms with E-state index in [4.69, 9.17) is 5.73 Å². The number of hydrogen-bond acceptors (Lipinski definition) is 4. The molecule has 3 amide bonds. The highest BCUT2D eigenvalue weighted by molar-refractivity contribution is 5.87. The van der Waals surface area contributed by atoms with Crippen LogP contribution in [0.2, 0.25) is 0 Å². The van der Waals surface area contributed by atoms with Crippen molar-refractivity contribution in [3.8, 4) is 0 Å². The Balaban J connectivity index is 1.42. The van der Waals surface area contributed by atoms with E-state index in [1.807, 2.05) is 0 Å². The van der Waals surface area contributed by atoms with Crippen molar-refractivity contribution in [1.82, 2.24) is 20.1 Å². The molecule has 2 aliphatic carbocycles. The van der Waals surface area contributed by atoms with Crippen LogP contribution in [-0.4, -0.2) is 32.7 Å². The van der Waals surface area contributed by atoms with Gasteiger partial charge in [0.05, 0.1) is 0 Å². The van der Waals surface area contributed by atoms with Crippen molar-refractivity contribution in [1.29, 1.82) is 0 Å². The molecule has 8 nitrogen and oxygen atoms in total. The lowest BCUT2D eigenvalue weighted by molar-refractivity contribution is -0.135. The number of anilines is 1. The molecule has 8 heteroatoms. The van der Waals surface area contributed by atoms with Crippen LogP contribution in [0.3, 0.4) is 0 Å². The van der Waals surface area contributed by atoms with Crippen molar-refractivity contribution >= 4 is 17.9 Å². The fourth-order valence-corrected chi connectivity index (χ4v) is 3.34. The SMILES string of the molecule is Cn1ncnc1NC(=O)NC1CC2(C1)CC(C(N)=O)C2. The van der Waals surface area contributed by atoms with Crippen LogP contribution in [0.25, 0.3) is 0 Å². The van der Waals surface area contributed by atoms with Crippen LogP contribution in [0.1, 0.15) is 25.7 Å². The Kier molecular flexibility index (Phi) is 2.88. The van der Waals surface area contributed by atoms with Gasteiger partial charge in [0.15, 0.2) is 0 Å². The molecule has 2 fully saturated rings. The average Bonchev–Trinajstić information content (AvgIpc) is 2.65. The average molecular weight is 278 g/mol. The van der Waals surface area contributed by atoms with Gasteiger partial charge in [0.2, 0.25) is 11.9 Å². The van der Waals surface area contributed by atoms with Crippen LogP contribution in [0.5, 0.6) is 0 Å². The van der Waals surface area contributed by atoms with Crippen molar-refractivity contribution in [3.63, 3.8) is 0 Å². The van der Waals surface area contributed by atoms with Crippen molar-refractivity contribution in [2.45, 2.75) is 31.7 Å². The zero-order chi connectivity index (χ0) is 14.3. The number of amides is 3. The summed E-state index contributed by atoms with van der Waals surface area (Å²) in [4.78, 5) is 26.7. The second-order valence-electron chi connectivity index (χ2n) is 5.92. The van der Waals surface area contributed by atoms with Crippen molar-refractivity contribution < 1.29 is 9.59 Å². The summed E-state index contributed by atoms with van der Waals surface area (Å²) in [7, 11) is 1.71. The molecular weight excluding hydrogens is 260 g/mol. The minimum atomic E-state index is -0.272. The lowest BCUT2D eigenvalue weighted by Gasteiger charge is -2.56. The number of hydrogen-bond donors (Lipinski definition) is 3. The standard InChI is InChI=1S/C12H18N6O2/c1-18-10(14-6-15-18)17-11(20)16-8-4-12(5-8)2-7(3-12)9(13)19/h6-8H,2-5H2,1H3,(H2,13,19)(H2,14,15,16,17,20). The van der Waals surface area contributed by atoms with Crippen LogP contribution in [0.15, 0.2) is 6.33 Å². The molecule has 0 bridgehead atoms. The summed E-state index contributed by atoms with van der Waals surface area (Å²) in [6.07, 6.45) is 4.95. The van der Waals surface area contributed by atoms with Crippen LogP contribution in [0.4, 0.5) is 10.7 Å². The third kappa shape index (κ3) is 2.21. The normalized spacial score (nSPS) is 31.2. The molecule has 4 N–H and O–H groups in total. The summed E-state index contributed by atoms with van der Waals surface area (Å²) in [5.41, 5.74) is 5.51. The maximum atomic E-state index is 11.8. The monoisotopic (exact) mass is 278 g/mol. The molecule has 0 unspecified atom stereocenters. The van der Waals surface area contributed by atoms with Gasteiger partial charge in [0.25, 0.3) is 0 Å². The first-order chi connectivity index (χ1) is 9.47. The van der Waals surface area contributed by atoms with Gasteiger partial charge >= 0.3 is 6.03 Å². The lowest BCUT2D eigenvalue weighted by Crippen LogP contribution is -2.58. The van der Waals surface area contributed by atoms with E-state index < -0.39 is 0 Å². The number of nitrogens with one attached hydrogen (secondary N) is 2. The summed E-state index contributed by atoms with van der Waals surface area (Å²) in [5, 5.41) is 9.42. The molecule has 0 aliphatic heterocycles. The summed E-state index contributed by atoms with van der Waals surface area (Å²) in [6, 6.07) is -0.108. The number of nitrogens with two attached hydrogens (primary N) is 1. The van der Waals surface area contributed by atoms with E-state index in [0.29, 0.717) is 5.95 Å². The molecule has 20 heavy (non-hydrogen) atoms. The second kappa shape index (κ2) is 4.46. The van der Waals surface area contributed by atoms with Crippen LogP contribution in [0, 0.1) is 11.3 Å². The predicted molar refractivity (Wildman–Crippen MR) is 70.5 cm³/mol. The molecule has 0 atom stereocenters. The first kappa shape index (κ1) is 12.9. The quantitative estimate of drug-likeness (QED) is 0.720. The summed E-state index contributed by atoms with van der Waals surface area (Å²) in [5.74, 6) is 0.240. The van der Waals surface area contributed by atoms with Crippen LogP contribution in [-0.2, 0) is 11.8 Å². The molecule has 108 valence electrons. The van der Waals surface area contributed by atoms with Gasteiger partial charge < -0.3 is 11.1 Å². The maximum absolute atomic E-state index is 11.8. The Labute approximate surface area is 116 Å². The number of primary amides is 1. The largest absolute Gasteiger partial charge is 0.369 e. The fraction of sp³-hybridized carbons (Fsp3) is 0.667. The first-order valence-electron chi connectivity index (χ1n) is 6.68. The molecular formula is C12H18N6O2. The Bertz CT molecular complexity index is 540. The van der Waals surface area contributed by atoms with Gasteiger partial charge in [-0.2, -0.15) is 10.1 Å². The molecule has 2 saturated carbocycles. The van der Waals surface area contributed by atoms with Gasteiger partial charge in [-0.3, -0.25) is 10.1 Å². The Morgan fingerprint density at radius 1 is 1.40 bits per heavy atom. The maximum Gasteiger partial charge on any atom is 0.321 e. The van der Waals surface area contributed by atoms with Gasteiger partial charge in [-0.05, 0) is 31.1 Å². The van der Waals surface area contributed by atoms with E-state index in [-0.39, 0.29) is 29.3 Å². The van der Waals surface area contributed by atoms with Crippen LogP contribution >= 0.6 is 0 Å². The van der Waals surface area contributed by atoms with E-state index in [1.165, 1.54) is 11.0 Å². The molecule has 3 rings (SSSR count). The Morgan fingerprint density at radius 2 is 2.10 bits per heavy atom. The molecule has 0 saturated heterocycles. The van der Waals surface area contributed by atoms with Gasteiger partial charge in [0, 0.05) is 19.0 Å². The second-order valence-corrected chi connectivity index (χ2v) is 5.92. The third-order valence-corrected chi connectivity index (χ3v) is 4.39. The zero-order valence-electron chi connectivity index (χ0n) is 11.3. The molecule has 2 aliphatic rings. The lowest BCUT2D eigenvalue weighted by atomic mass is 9.50. The van der Waals surface area contributed by atoms with Crippen molar-refractivity contribution in [2.75, 3.05) is 5.32 Å².